The average molecular weight is 381 g/mol. The summed E-state index contributed by atoms with van der Waals surface area (Å²) in [5.74, 6) is 0.739. The van der Waals surface area contributed by atoms with Crippen molar-refractivity contribution < 1.29 is 4.74 Å². The number of hydrogen-bond donors (Lipinski definition) is 0. The topological polar surface area (TPSA) is 9.23 Å². The Bertz CT molecular complexity index is 623. The highest BCUT2D eigenvalue weighted by Gasteiger charge is 2.48. The molecular formula is C27H40O. The standard InChI is InChI=1S/C27H40O/c1-3-5-21-28-25-12-8-23(9-13-25)22-6-10-24(11-7-22)27-18-15-26(14-4-2,16-19-27)17-20-27/h3,5-7,10-11,23,25H,4,8-9,12-21H2,1-2H3/b5-3+/t23-,25-,26?,27?. The van der Waals surface area contributed by atoms with Crippen LogP contribution in [0.2, 0.25) is 0 Å². The summed E-state index contributed by atoms with van der Waals surface area (Å²) in [6.07, 6.45) is 21.2. The maximum Gasteiger partial charge on any atom is 0.0651 e. The third-order valence-electron chi connectivity index (χ3n) is 8.51. The molecular weight excluding hydrogens is 340 g/mol. The Morgan fingerprint density at radius 3 is 2.14 bits per heavy atom. The number of ether oxygens (including phenoxy) is 1. The summed E-state index contributed by atoms with van der Waals surface area (Å²) in [7, 11) is 0. The fourth-order valence-corrected chi connectivity index (χ4v) is 6.56. The predicted molar refractivity (Wildman–Crippen MR) is 119 cm³/mol. The van der Waals surface area contributed by atoms with Crippen molar-refractivity contribution >= 4 is 0 Å². The summed E-state index contributed by atoms with van der Waals surface area (Å²) < 4.78 is 5.98. The minimum atomic E-state index is 0.471. The van der Waals surface area contributed by atoms with Gasteiger partial charge in [0.25, 0.3) is 0 Å². The molecule has 1 heteroatoms. The molecule has 4 aliphatic rings. The second-order valence-electron chi connectivity index (χ2n) is 10.0. The van der Waals surface area contributed by atoms with Gasteiger partial charge in [0.2, 0.25) is 0 Å². The molecule has 1 nitrogen and oxygen atoms in total. The molecule has 0 aliphatic heterocycles. The largest absolute Gasteiger partial charge is 0.374 e. The van der Waals surface area contributed by atoms with Gasteiger partial charge in [-0.1, -0.05) is 49.8 Å². The van der Waals surface area contributed by atoms with E-state index in [-0.39, 0.29) is 0 Å². The van der Waals surface area contributed by atoms with Gasteiger partial charge in [-0.05, 0) is 105 Å². The molecule has 2 bridgehead atoms. The molecule has 1 aromatic rings. The fraction of sp³-hybridized carbons (Fsp3) is 0.704. The Labute approximate surface area is 173 Å². The lowest BCUT2D eigenvalue weighted by molar-refractivity contribution is 0.0320. The molecule has 154 valence electrons. The Kier molecular flexibility index (Phi) is 6.30. The molecule has 0 saturated heterocycles. The quantitative estimate of drug-likeness (QED) is 0.440. The first kappa shape index (κ1) is 20.2. The Morgan fingerprint density at radius 2 is 1.57 bits per heavy atom. The van der Waals surface area contributed by atoms with Crippen molar-refractivity contribution in [3.05, 3.63) is 47.5 Å². The lowest BCUT2D eigenvalue weighted by Gasteiger charge is -2.54. The number of rotatable bonds is 7. The number of fused-ring (bicyclic) bond motifs is 3. The van der Waals surface area contributed by atoms with Crippen LogP contribution >= 0.6 is 0 Å². The molecule has 4 saturated carbocycles. The van der Waals surface area contributed by atoms with Crippen molar-refractivity contribution in [1.82, 2.24) is 0 Å². The summed E-state index contributed by atoms with van der Waals surface area (Å²) >= 11 is 0. The number of hydrogen-bond acceptors (Lipinski definition) is 1. The summed E-state index contributed by atoms with van der Waals surface area (Å²) in [5, 5.41) is 0. The molecule has 0 N–H and O–H groups in total. The highest BCUT2D eigenvalue weighted by molar-refractivity contribution is 5.33. The van der Waals surface area contributed by atoms with Crippen LogP contribution in [-0.2, 0) is 10.2 Å². The first-order valence-electron chi connectivity index (χ1n) is 12.0. The molecule has 4 aliphatic carbocycles. The van der Waals surface area contributed by atoms with Crippen LogP contribution in [0, 0.1) is 5.41 Å². The third-order valence-corrected chi connectivity index (χ3v) is 8.51. The fourth-order valence-electron chi connectivity index (χ4n) is 6.56. The van der Waals surface area contributed by atoms with Crippen molar-refractivity contribution in [3.63, 3.8) is 0 Å². The van der Waals surface area contributed by atoms with E-state index in [9.17, 15) is 0 Å². The van der Waals surface area contributed by atoms with Crippen LogP contribution < -0.4 is 0 Å². The molecule has 0 radical (unpaired) electrons. The van der Waals surface area contributed by atoms with Crippen LogP contribution in [0.15, 0.2) is 36.4 Å². The summed E-state index contributed by atoms with van der Waals surface area (Å²) in [6, 6.07) is 9.95. The van der Waals surface area contributed by atoms with Crippen LogP contribution in [0.1, 0.15) is 108 Å². The molecule has 0 spiro atoms. The zero-order chi connectivity index (χ0) is 19.5. The van der Waals surface area contributed by atoms with E-state index in [1.54, 1.807) is 11.1 Å². The molecule has 5 rings (SSSR count). The molecule has 28 heavy (non-hydrogen) atoms. The van der Waals surface area contributed by atoms with Crippen LogP contribution in [-0.4, -0.2) is 12.7 Å². The van der Waals surface area contributed by atoms with E-state index >= 15 is 0 Å². The van der Waals surface area contributed by atoms with Crippen molar-refractivity contribution in [2.45, 2.75) is 108 Å². The molecule has 1 aromatic carbocycles. The second kappa shape index (κ2) is 8.74. The van der Waals surface area contributed by atoms with E-state index in [0.29, 0.717) is 16.9 Å². The highest BCUT2D eigenvalue weighted by Crippen LogP contribution is 2.59. The van der Waals surface area contributed by atoms with Gasteiger partial charge >= 0.3 is 0 Å². The zero-order valence-electron chi connectivity index (χ0n) is 18.2. The molecule has 0 atom stereocenters. The first-order valence-corrected chi connectivity index (χ1v) is 12.0. The van der Waals surface area contributed by atoms with Gasteiger partial charge in [0.1, 0.15) is 0 Å². The molecule has 0 unspecified atom stereocenters. The van der Waals surface area contributed by atoms with Gasteiger partial charge in [-0.2, -0.15) is 0 Å². The van der Waals surface area contributed by atoms with Gasteiger partial charge in [-0.25, -0.2) is 0 Å². The van der Waals surface area contributed by atoms with Gasteiger partial charge < -0.3 is 4.74 Å². The molecule has 4 fully saturated rings. The maximum absolute atomic E-state index is 5.98. The van der Waals surface area contributed by atoms with E-state index in [4.69, 9.17) is 4.74 Å². The summed E-state index contributed by atoms with van der Waals surface area (Å²) in [4.78, 5) is 0. The Balaban J connectivity index is 1.34. The van der Waals surface area contributed by atoms with Crippen molar-refractivity contribution in [3.8, 4) is 0 Å². The minimum Gasteiger partial charge on any atom is -0.374 e. The van der Waals surface area contributed by atoms with Gasteiger partial charge in [-0.3, -0.25) is 0 Å². The normalized spacial score (nSPS) is 35.5. The van der Waals surface area contributed by atoms with Gasteiger partial charge in [0.15, 0.2) is 0 Å². The SMILES string of the molecule is C/C=C/CO[C@H]1CC[C@H](c2ccc(C34CCC(CCC)(CC3)CC4)cc2)CC1. The lowest BCUT2D eigenvalue weighted by Crippen LogP contribution is -2.44. The molecule has 0 amide bonds. The van der Waals surface area contributed by atoms with Crippen LogP contribution in [0.3, 0.4) is 0 Å². The summed E-state index contributed by atoms with van der Waals surface area (Å²) in [5.41, 5.74) is 4.43. The second-order valence-corrected chi connectivity index (χ2v) is 10.0. The van der Waals surface area contributed by atoms with Crippen LogP contribution in [0.4, 0.5) is 0 Å². The van der Waals surface area contributed by atoms with Gasteiger partial charge in [-0.15, -0.1) is 0 Å². The third kappa shape index (κ3) is 4.11. The van der Waals surface area contributed by atoms with Crippen molar-refractivity contribution in [2.24, 2.45) is 5.41 Å². The van der Waals surface area contributed by atoms with E-state index in [1.807, 2.05) is 0 Å². The monoisotopic (exact) mass is 380 g/mol. The smallest absolute Gasteiger partial charge is 0.0651 e. The van der Waals surface area contributed by atoms with Crippen LogP contribution in [0.25, 0.3) is 0 Å². The summed E-state index contributed by atoms with van der Waals surface area (Å²) in [6.45, 7) is 5.21. The predicted octanol–water partition coefficient (Wildman–Crippen LogP) is 7.70. The van der Waals surface area contributed by atoms with E-state index in [1.165, 1.54) is 77.0 Å². The number of allylic oxidation sites excluding steroid dienone is 1. The van der Waals surface area contributed by atoms with Crippen molar-refractivity contribution in [1.29, 1.82) is 0 Å². The Morgan fingerprint density at radius 1 is 0.929 bits per heavy atom. The molecule has 0 heterocycles. The van der Waals surface area contributed by atoms with E-state index < -0.39 is 0 Å². The first-order chi connectivity index (χ1) is 13.7. The molecule has 0 aromatic heterocycles. The number of benzene rings is 1. The minimum absolute atomic E-state index is 0.471. The highest BCUT2D eigenvalue weighted by atomic mass is 16.5. The van der Waals surface area contributed by atoms with Gasteiger partial charge in [0, 0.05) is 0 Å². The maximum atomic E-state index is 5.98. The van der Waals surface area contributed by atoms with E-state index in [2.05, 4.69) is 50.3 Å². The lowest BCUT2D eigenvalue weighted by atomic mass is 9.51. The zero-order valence-corrected chi connectivity index (χ0v) is 18.2. The average Bonchev–Trinajstić information content (AvgIpc) is 2.76. The van der Waals surface area contributed by atoms with Crippen molar-refractivity contribution in [2.75, 3.05) is 6.61 Å². The Hall–Kier alpha value is -1.08. The van der Waals surface area contributed by atoms with Gasteiger partial charge in [0.05, 0.1) is 12.7 Å². The van der Waals surface area contributed by atoms with Crippen LogP contribution in [0.5, 0.6) is 0 Å². The van der Waals surface area contributed by atoms with E-state index in [0.717, 1.165) is 12.5 Å².